The van der Waals surface area contributed by atoms with Crippen molar-refractivity contribution in [3.8, 4) is 5.75 Å². The van der Waals surface area contributed by atoms with E-state index in [1.165, 1.54) is 0 Å². The molecule has 0 heterocycles. The van der Waals surface area contributed by atoms with Crippen molar-refractivity contribution in [2.24, 2.45) is 4.99 Å². The Morgan fingerprint density at radius 3 is 1.92 bits per heavy atom. The van der Waals surface area contributed by atoms with E-state index in [1.807, 2.05) is 0 Å². The number of alkyl carbamates (subject to hydrolysis) is 2. The van der Waals surface area contributed by atoms with Gasteiger partial charge in [0.05, 0.1) is 24.2 Å². The van der Waals surface area contributed by atoms with Gasteiger partial charge < -0.3 is 14.2 Å². The van der Waals surface area contributed by atoms with Crippen LogP contribution in [0, 0.1) is 0 Å². The van der Waals surface area contributed by atoms with E-state index in [0.29, 0.717) is 15.8 Å². The van der Waals surface area contributed by atoms with Crippen LogP contribution >= 0.6 is 15.9 Å². The third kappa shape index (κ3) is 13.3. The molecule has 2 N–H and O–H groups in total. The molecule has 0 fully saturated rings. The van der Waals surface area contributed by atoms with Gasteiger partial charge in [-0.15, -0.1) is 0 Å². The van der Waals surface area contributed by atoms with Crippen molar-refractivity contribution in [3.05, 3.63) is 28.2 Å². The molecular formula is C22H31BrF3N3O8S. The molecule has 0 spiro atoms. The summed E-state index contributed by atoms with van der Waals surface area (Å²) in [5.41, 5.74) is -6.45. The number of benzene rings is 1. The molecule has 216 valence electrons. The van der Waals surface area contributed by atoms with Gasteiger partial charge in [-0.25, -0.2) is 14.6 Å². The van der Waals surface area contributed by atoms with E-state index in [9.17, 15) is 31.2 Å². The normalized spacial score (nSPS) is 12.4. The van der Waals surface area contributed by atoms with Gasteiger partial charge in [0.2, 0.25) is 5.96 Å². The van der Waals surface area contributed by atoms with Gasteiger partial charge in [-0.1, -0.05) is 6.07 Å². The summed E-state index contributed by atoms with van der Waals surface area (Å²) in [4.78, 5) is 28.5. The highest BCUT2D eigenvalue weighted by atomic mass is 79.9. The fraction of sp³-hybridized carbons (Fsp3) is 0.591. The van der Waals surface area contributed by atoms with Gasteiger partial charge in [-0.3, -0.25) is 14.8 Å². The second-order valence-electron chi connectivity index (χ2n) is 9.61. The second-order valence-corrected chi connectivity index (χ2v) is 12.1. The molecule has 1 rings (SSSR count). The van der Waals surface area contributed by atoms with E-state index in [0.717, 1.165) is 0 Å². The summed E-state index contributed by atoms with van der Waals surface area (Å²) in [5, 5.41) is 4.72. The Kier molecular flexibility index (Phi) is 11.8. The molecule has 11 nitrogen and oxygen atoms in total. The molecule has 0 saturated heterocycles. The van der Waals surface area contributed by atoms with E-state index < -0.39 is 45.6 Å². The largest absolute Gasteiger partial charge is 0.523 e. The van der Waals surface area contributed by atoms with Gasteiger partial charge in [0.25, 0.3) is 0 Å². The molecule has 0 aromatic heterocycles. The van der Waals surface area contributed by atoms with E-state index in [4.69, 9.17) is 14.2 Å². The number of aliphatic imine (C=N–C) groups is 1. The van der Waals surface area contributed by atoms with Crippen LogP contribution in [0.5, 0.6) is 5.75 Å². The highest BCUT2D eigenvalue weighted by Gasteiger charge is 2.47. The Labute approximate surface area is 227 Å². The molecule has 0 unspecified atom stereocenters. The third-order valence-corrected chi connectivity index (χ3v) is 5.39. The number of guanidine groups is 1. The summed E-state index contributed by atoms with van der Waals surface area (Å²) >= 11 is 3.30. The molecule has 0 atom stereocenters. The minimum absolute atomic E-state index is 0.00293. The zero-order chi connectivity index (χ0) is 29.4. The molecular weight excluding hydrogens is 603 g/mol. The van der Waals surface area contributed by atoms with Gasteiger partial charge in [0.15, 0.2) is 0 Å². The lowest BCUT2D eigenvalue weighted by Crippen LogP contribution is -2.47. The van der Waals surface area contributed by atoms with Crippen LogP contribution in [0.3, 0.4) is 0 Å². The number of rotatable bonds is 8. The van der Waals surface area contributed by atoms with Crippen molar-refractivity contribution in [3.63, 3.8) is 0 Å². The van der Waals surface area contributed by atoms with Crippen molar-refractivity contribution in [2.45, 2.75) is 71.2 Å². The van der Waals surface area contributed by atoms with Gasteiger partial charge in [-0.2, -0.15) is 21.6 Å². The summed E-state index contributed by atoms with van der Waals surface area (Å²) in [6, 6.07) is 4.79. The maximum atomic E-state index is 12.3. The molecule has 2 amide bonds. The van der Waals surface area contributed by atoms with Crippen LogP contribution in [0.1, 0.15) is 53.5 Å². The smallest absolute Gasteiger partial charge is 0.492 e. The first kappa shape index (κ1) is 33.4. The number of carbonyl (C=O) groups excluding carboxylic acids is 2. The number of nitrogens with zero attached hydrogens (tertiary/aromatic N) is 1. The predicted octanol–water partition coefficient (Wildman–Crippen LogP) is 4.99. The topological polar surface area (TPSA) is 142 Å². The van der Waals surface area contributed by atoms with Crippen molar-refractivity contribution >= 4 is 44.2 Å². The van der Waals surface area contributed by atoms with E-state index >= 15 is 0 Å². The fourth-order valence-corrected chi connectivity index (χ4v) is 3.33. The van der Waals surface area contributed by atoms with Gasteiger partial charge in [-0.05, 0) is 75.2 Å². The number of amides is 2. The molecule has 0 aliphatic carbocycles. The maximum absolute atomic E-state index is 12.3. The number of halogens is 4. The van der Waals surface area contributed by atoms with Crippen molar-refractivity contribution in [1.29, 1.82) is 0 Å². The van der Waals surface area contributed by atoms with Crippen LogP contribution in [0.15, 0.2) is 27.7 Å². The number of nitrogens with one attached hydrogen (secondary N) is 2. The Bertz CT molecular complexity index is 1080. The molecule has 38 heavy (non-hydrogen) atoms. The Morgan fingerprint density at radius 1 is 0.947 bits per heavy atom. The first-order valence-corrected chi connectivity index (χ1v) is 13.3. The average Bonchev–Trinajstić information content (AvgIpc) is 2.69. The molecule has 0 saturated carbocycles. The van der Waals surface area contributed by atoms with Crippen LogP contribution < -0.4 is 15.4 Å². The molecule has 16 heteroatoms. The molecule has 1 aromatic carbocycles. The van der Waals surface area contributed by atoms with Gasteiger partial charge in [0, 0.05) is 6.42 Å². The number of hydrogen-bond acceptors (Lipinski definition) is 9. The lowest BCUT2D eigenvalue weighted by molar-refractivity contribution is -0.0544. The van der Waals surface area contributed by atoms with Crippen molar-refractivity contribution in [2.75, 3.05) is 13.2 Å². The standard InChI is InChI=1S/C22H31BrF3N3O8S/c1-20(2,3)36-18(30)28-17(29-19(31)37-21(4,5)6)27-13-14-8-9-16(15(23)12-14)34-10-7-11-35-38(32,33)22(24,25)26/h8-9,12H,7,10-11,13H2,1-6H3,(H2,27,28,29,30,31). The third-order valence-electron chi connectivity index (χ3n) is 3.72. The number of alkyl halides is 3. The van der Waals surface area contributed by atoms with Crippen molar-refractivity contribution in [1.82, 2.24) is 10.6 Å². The second kappa shape index (κ2) is 13.5. The molecule has 0 radical (unpaired) electrons. The summed E-state index contributed by atoms with van der Waals surface area (Å²) in [6.07, 6.45) is -1.81. The average molecular weight is 634 g/mol. The predicted molar refractivity (Wildman–Crippen MR) is 135 cm³/mol. The number of ether oxygens (including phenoxy) is 3. The Hall–Kier alpha value is -2.59. The maximum Gasteiger partial charge on any atom is 0.523 e. The van der Waals surface area contributed by atoms with Crippen LogP contribution in [0.2, 0.25) is 0 Å². The SMILES string of the molecule is CC(C)(C)OC(=O)NC(=NCc1ccc(OCCCOS(=O)(=O)C(F)(F)F)c(Br)c1)NC(=O)OC(C)(C)C. The number of hydrogen-bond donors (Lipinski definition) is 2. The summed E-state index contributed by atoms with van der Waals surface area (Å²) in [7, 11) is -5.65. The van der Waals surface area contributed by atoms with E-state index in [1.54, 1.807) is 59.7 Å². The summed E-state index contributed by atoms with van der Waals surface area (Å²) in [5.74, 6) is 0.120. The minimum Gasteiger partial charge on any atom is -0.492 e. The zero-order valence-electron chi connectivity index (χ0n) is 21.7. The Morgan fingerprint density at radius 2 is 1.47 bits per heavy atom. The van der Waals surface area contributed by atoms with Crippen LogP contribution in [0.25, 0.3) is 0 Å². The molecule has 0 aliphatic heterocycles. The van der Waals surface area contributed by atoms with Gasteiger partial charge in [0.1, 0.15) is 17.0 Å². The number of carbonyl (C=O) groups is 2. The first-order chi connectivity index (χ1) is 17.2. The molecule has 0 aliphatic rings. The monoisotopic (exact) mass is 633 g/mol. The highest BCUT2D eigenvalue weighted by molar-refractivity contribution is 9.10. The lowest BCUT2D eigenvalue weighted by Gasteiger charge is -2.22. The summed E-state index contributed by atoms with van der Waals surface area (Å²) in [6.45, 7) is 9.20. The lowest BCUT2D eigenvalue weighted by atomic mass is 10.2. The zero-order valence-corrected chi connectivity index (χ0v) is 24.1. The highest BCUT2D eigenvalue weighted by Crippen LogP contribution is 2.27. The summed E-state index contributed by atoms with van der Waals surface area (Å²) < 4.78 is 78.6. The minimum atomic E-state index is -5.65. The van der Waals surface area contributed by atoms with Crippen LogP contribution in [-0.4, -0.2) is 56.5 Å². The molecule has 1 aromatic rings. The van der Waals surface area contributed by atoms with E-state index in [-0.39, 0.29) is 25.5 Å². The first-order valence-electron chi connectivity index (χ1n) is 11.1. The van der Waals surface area contributed by atoms with Crippen LogP contribution in [-0.2, 0) is 30.3 Å². The quantitative estimate of drug-likeness (QED) is 0.134. The molecule has 0 bridgehead atoms. The van der Waals surface area contributed by atoms with Crippen molar-refractivity contribution < 1.29 is 49.6 Å². The fourth-order valence-electron chi connectivity index (χ4n) is 2.32. The van der Waals surface area contributed by atoms with E-state index in [2.05, 4.69) is 35.7 Å². The van der Waals surface area contributed by atoms with Crippen LogP contribution in [0.4, 0.5) is 22.8 Å². The van der Waals surface area contributed by atoms with Gasteiger partial charge >= 0.3 is 27.8 Å². The Balaban J connectivity index is 2.81.